The third-order valence-electron chi connectivity index (χ3n) is 7.87. The standard InChI is InChI=1S/2C11H20.5CH4/c2*1-9-5-4-8-11(9)10-6-2-3-7-10;;;;;/h2*9-11H,2-8H2,1H3;5*1H4. The van der Waals surface area contributed by atoms with Crippen LogP contribution in [0.15, 0.2) is 0 Å². The van der Waals surface area contributed by atoms with Gasteiger partial charge in [0.1, 0.15) is 0 Å². The van der Waals surface area contributed by atoms with Gasteiger partial charge in [0.05, 0.1) is 0 Å². The molecule has 0 aromatic heterocycles. The van der Waals surface area contributed by atoms with Gasteiger partial charge in [-0.05, 0) is 48.3 Å². The molecule has 0 nitrogen and oxygen atoms in total. The van der Waals surface area contributed by atoms with Gasteiger partial charge in [-0.15, -0.1) is 0 Å². The van der Waals surface area contributed by atoms with E-state index in [1.54, 1.807) is 38.5 Å². The zero-order chi connectivity index (χ0) is 15.4. The van der Waals surface area contributed by atoms with Gasteiger partial charge >= 0.3 is 0 Å². The SMILES string of the molecule is C.C.C.C.C.CC1CCCC1C1CCCC1.CC1CCCC1C1CCCC1. The molecule has 0 saturated heterocycles. The van der Waals surface area contributed by atoms with Gasteiger partial charge < -0.3 is 0 Å². The highest BCUT2D eigenvalue weighted by atomic mass is 14.4. The summed E-state index contributed by atoms with van der Waals surface area (Å²) >= 11 is 0. The lowest BCUT2D eigenvalue weighted by Crippen LogP contribution is -2.13. The first kappa shape index (κ1) is 31.7. The topological polar surface area (TPSA) is 0 Å². The fraction of sp³-hybridized carbons (Fsp3) is 1.00. The van der Waals surface area contributed by atoms with E-state index in [4.69, 9.17) is 0 Å². The minimum Gasteiger partial charge on any atom is -0.0776 e. The van der Waals surface area contributed by atoms with Crippen LogP contribution in [0.2, 0.25) is 0 Å². The molecule has 0 aromatic rings. The second kappa shape index (κ2) is 15.9. The van der Waals surface area contributed by atoms with Gasteiger partial charge in [-0.1, -0.05) is 128 Å². The van der Waals surface area contributed by atoms with E-state index in [2.05, 4.69) is 13.8 Å². The van der Waals surface area contributed by atoms with Crippen molar-refractivity contribution in [1.82, 2.24) is 0 Å². The Morgan fingerprint density at radius 1 is 0.370 bits per heavy atom. The molecule has 4 unspecified atom stereocenters. The summed E-state index contributed by atoms with van der Waals surface area (Å²) in [4.78, 5) is 0. The molecule has 168 valence electrons. The third kappa shape index (κ3) is 8.49. The average Bonchev–Trinajstić information content (AvgIpc) is 3.27. The van der Waals surface area contributed by atoms with E-state index in [-0.39, 0.29) is 37.1 Å². The maximum absolute atomic E-state index is 2.47. The summed E-state index contributed by atoms with van der Waals surface area (Å²) in [6.07, 6.45) is 21.4. The number of hydrogen-bond acceptors (Lipinski definition) is 0. The van der Waals surface area contributed by atoms with Crippen molar-refractivity contribution in [2.75, 3.05) is 0 Å². The zero-order valence-corrected chi connectivity index (χ0v) is 15.4. The first-order valence-corrected chi connectivity index (χ1v) is 10.8. The smallest absolute Gasteiger partial charge is 0.0360 e. The van der Waals surface area contributed by atoms with Crippen molar-refractivity contribution in [3.05, 3.63) is 0 Å². The Balaban J connectivity index is -0.000000360. The van der Waals surface area contributed by atoms with Gasteiger partial charge in [0, 0.05) is 0 Å². The lowest BCUT2D eigenvalue weighted by atomic mass is 9.84. The Bertz CT molecular complexity index is 276. The Labute approximate surface area is 176 Å². The summed E-state index contributed by atoms with van der Waals surface area (Å²) in [5.74, 6) is 6.62. The van der Waals surface area contributed by atoms with Gasteiger partial charge in [-0.3, -0.25) is 0 Å². The molecule has 27 heavy (non-hydrogen) atoms. The Hall–Kier alpha value is 0. The number of hydrogen-bond donors (Lipinski definition) is 0. The van der Waals surface area contributed by atoms with Crippen LogP contribution in [0.25, 0.3) is 0 Å². The molecule has 4 fully saturated rings. The molecule has 0 radical (unpaired) electrons. The van der Waals surface area contributed by atoms with Crippen LogP contribution in [-0.2, 0) is 0 Å². The fourth-order valence-electron chi connectivity index (χ4n) is 6.52. The Kier molecular flexibility index (Phi) is 18.6. The molecule has 4 atom stereocenters. The van der Waals surface area contributed by atoms with Crippen molar-refractivity contribution in [2.45, 2.75) is 141 Å². The van der Waals surface area contributed by atoms with Crippen LogP contribution < -0.4 is 0 Å². The van der Waals surface area contributed by atoms with Crippen LogP contribution in [0.4, 0.5) is 0 Å². The van der Waals surface area contributed by atoms with E-state index in [0.29, 0.717) is 0 Å². The lowest BCUT2D eigenvalue weighted by Gasteiger charge is -2.22. The van der Waals surface area contributed by atoms with Gasteiger partial charge in [0.25, 0.3) is 0 Å². The largest absolute Gasteiger partial charge is 0.0776 e. The second-order valence-corrected chi connectivity index (χ2v) is 9.23. The fourth-order valence-corrected chi connectivity index (χ4v) is 6.52. The monoisotopic (exact) mass is 384 g/mol. The van der Waals surface area contributed by atoms with Crippen molar-refractivity contribution in [3.63, 3.8) is 0 Å². The third-order valence-corrected chi connectivity index (χ3v) is 7.87. The normalized spacial score (nSPS) is 32.7. The maximum Gasteiger partial charge on any atom is -0.0360 e. The zero-order valence-electron chi connectivity index (χ0n) is 15.4. The summed E-state index contributed by atoms with van der Waals surface area (Å²) in [6.45, 7) is 4.94. The predicted octanol–water partition coefficient (Wildman–Crippen LogP) is 10.4. The molecule has 0 heterocycles. The molecule has 0 bridgehead atoms. The first-order valence-electron chi connectivity index (χ1n) is 10.8. The summed E-state index contributed by atoms with van der Waals surface area (Å²) in [6, 6.07) is 0. The number of rotatable bonds is 2. The van der Waals surface area contributed by atoms with Crippen LogP contribution in [0.5, 0.6) is 0 Å². The van der Waals surface area contributed by atoms with Gasteiger partial charge in [0.2, 0.25) is 0 Å². The van der Waals surface area contributed by atoms with E-state index in [1.165, 1.54) is 51.4 Å². The predicted molar refractivity (Wildman–Crippen MR) is 131 cm³/mol. The van der Waals surface area contributed by atoms with Gasteiger partial charge in [0.15, 0.2) is 0 Å². The van der Waals surface area contributed by atoms with Crippen molar-refractivity contribution >= 4 is 0 Å². The molecule has 0 N–H and O–H groups in total. The highest BCUT2D eigenvalue weighted by Crippen LogP contribution is 2.44. The van der Waals surface area contributed by atoms with E-state index in [9.17, 15) is 0 Å². The Morgan fingerprint density at radius 2 is 0.667 bits per heavy atom. The van der Waals surface area contributed by atoms with Crippen molar-refractivity contribution < 1.29 is 0 Å². The maximum atomic E-state index is 2.47. The van der Waals surface area contributed by atoms with E-state index < -0.39 is 0 Å². The molecule has 4 rings (SSSR count). The average molecular weight is 385 g/mol. The van der Waals surface area contributed by atoms with Gasteiger partial charge in [-0.25, -0.2) is 0 Å². The van der Waals surface area contributed by atoms with Crippen LogP contribution in [0.1, 0.15) is 141 Å². The molecule has 0 heteroatoms. The molecule has 0 aliphatic heterocycles. The molecular formula is C27H60. The summed E-state index contributed by atoms with van der Waals surface area (Å²) < 4.78 is 0. The lowest BCUT2D eigenvalue weighted by molar-refractivity contribution is 0.280. The van der Waals surface area contributed by atoms with Crippen molar-refractivity contribution in [3.8, 4) is 0 Å². The molecule has 0 spiro atoms. The van der Waals surface area contributed by atoms with E-state index in [0.717, 1.165) is 35.5 Å². The van der Waals surface area contributed by atoms with E-state index >= 15 is 0 Å². The van der Waals surface area contributed by atoms with Crippen LogP contribution >= 0.6 is 0 Å². The Morgan fingerprint density at radius 3 is 0.889 bits per heavy atom. The highest BCUT2D eigenvalue weighted by Gasteiger charge is 2.32. The van der Waals surface area contributed by atoms with Crippen molar-refractivity contribution in [1.29, 1.82) is 0 Å². The second-order valence-electron chi connectivity index (χ2n) is 9.23. The summed E-state index contributed by atoms with van der Waals surface area (Å²) in [5.41, 5.74) is 0. The van der Waals surface area contributed by atoms with Gasteiger partial charge in [-0.2, -0.15) is 0 Å². The van der Waals surface area contributed by atoms with Crippen molar-refractivity contribution in [2.24, 2.45) is 35.5 Å². The minimum atomic E-state index is 0. The molecule has 4 saturated carbocycles. The van der Waals surface area contributed by atoms with Crippen LogP contribution in [0, 0.1) is 35.5 Å². The summed E-state index contributed by atoms with van der Waals surface area (Å²) in [7, 11) is 0. The molecule has 0 aromatic carbocycles. The first-order chi connectivity index (χ1) is 10.8. The van der Waals surface area contributed by atoms with Crippen LogP contribution in [0.3, 0.4) is 0 Å². The quantitative estimate of drug-likeness (QED) is 0.444. The highest BCUT2D eigenvalue weighted by molar-refractivity contribution is 4.83. The summed E-state index contributed by atoms with van der Waals surface area (Å²) in [5, 5.41) is 0. The molecule has 4 aliphatic rings. The molecular weight excluding hydrogens is 324 g/mol. The molecule has 4 aliphatic carbocycles. The molecule has 0 amide bonds. The van der Waals surface area contributed by atoms with E-state index in [1.807, 2.05) is 0 Å². The minimum absolute atomic E-state index is 0. The van der Waals surface area contributed by atoms with Crippen LogP contribution in [-0.4, -0.2) is 0 Å².